The number of nitrogens with zero attached hydrogens (tertiary/aromatic N) is 3. The van der Waals surface area contributed by atoms with Gasteiger partial charge in [0, 0.05) is 43.4 Å². The van der Waals surface area contributed by atoms with Crippen molar-refractivity contribution in [3.63, 3.8) is 0 Å². The second kappa shape index (κ2) is 10.4. The van der Waals surface area contributed by atoms with Gasteiger partial charge in [-0.05, 0) is 30.8 Å². The lowest BCUT2D eigenvalue weighted by molar-refractivity contribution is 0.407. The van der Waals surface area contributed by atoms with Crippen LogP contribution in [0.25, 0.3) is 11.3 Å². The normalized spacial score (nSPS) is 11.7. The fourth-order valence-electron chi connectivity index (χ4n) is 3.02. The first-order chi connectivity index (χ1) is 14.2. The van der Waals surface area contributed by atoms with Crippen molar-refractivity contribution in [2.24, 2.45) is 0 Å². The number of hydrogen-bond donors (Lipinski definition) is 3. The Bertz CT molecular complexity index is 900. The Morgan fingerprint density at radius 3 is 2.59 bits per heavy atom. The van der Waals surface area contributed by atoms with Gasteiger partial charge in [0.1, 0.15) is 23.7 Å². The van der Waals surface area contributed by atoms with Gasteiger partial charge in [-0.3, -0.25) is 0 Å². The minimum atomic E-state index is 0.272. The van der Waals surface area contributed by atoms with E-state index in [1.54, 1.807) is 13.4 Å². The highest BCUT2D eigenvalue weighted by molar-refractivity contribution is 5.62. The molecule has 2 aromatic heterocycles. The Balaban J connectivity index is 1.63. The summed E-state index contributed by atoms with van der Waals surface area (Å²) in [6, 6.07) is 14.0. The van der Waals surface area contributed by atoms with E-state index < -0.39 is 0 Å². The quantitative estimate of drug-likeness (QED) is 0.456. The van der Waals surface area contributed by atoms with E-state index in [0.29, 0.717) is 0 Å². The highest BCUT2D eigenvalue weighted by atomic mass is 16.5. The van der Waals surface area contributed by atoms with E-state index in [4.69, 9.17) is 4.74 Å². The van der Waals surface area contributed by atoms with E-state index in [1.165, 1.54) is 5.56 Å². The molecule has 0 fully saturated rings. The number of ether oxygens (including phenoxy) is 1. The molecule has 3 aromatic rings. The molecule has 1 aromatic carbocycles. The first-order valence-electron chi connectivity index (χ1n) is 9.75. The third-order valence-electron chi connectivity index (χ3n) is 4.67. The average molecular weight is 393 g/mol. The number of pyridine rings is 1. The summed E-state index contributed by atoms with van der Waals surface area (Å²) in [5.74, 6) is 2.81. The first-order valence-corrected chi connectivity index (χ1v) is 9.75. The highest BCUT2D eigenvalue weighted by Crippen LogP contribution is 2.26. The second-order valence-electron chi connectivity index (χ2n) is 6.77. The van der Waals surface area contributed by atoms with Crippen LogP contribution >= 0.6 is 0 Å². The van der Waals surface area contributed by atoms with Gasteiger partial charge in [-0.25, -0.2) is 15.0 Å². The van der Waals surface area contributed by atoms with Crippen LogP contribution in [-0.2, 0) is 0 Å². The van der Waals surface area contributed by atoms with Crippen molar-refractivity contribution in [1.82, 2.24) is 20.3 Å². The Kier molecular flexibility index (Phi) is 7.35. The van der Waals surface area contributed by atoms with Gasteiger partial charge in [-0.1, -0.05) is 25.1 Å². The number of aromatic nitrogens is 3. The Morgan fingerprint density at radius 1 is 0.966 bits per heavy atom. The summed E-state index contributed by atoms with van der Waals surface area (Å²) in [7, 11) is 3.63. The van der Waals surface area contributed by atoms with Gasteiger partial charge in [0.15, 0.2) is 0 Å². The lowest BCUT2D eigenvalue weighted by atomic mass is 10.00. The van der Waals surface area contributed by atoms with Crippen LogP contribution in [0, 0.1) is 0 Å². The smallest absolute Gasteiger partial charge is 0.129 e. The van der Waals surface area contributed by atoms with Crippen LogP contribution in [0.2, 0.25) is 0 Å². The van der Waals surface area contributed by atoms with Gasteiger partial charge >= 0.3 is 0 Å². The van der Waals surface area contributed by atoms with E-state index in [1.807, 2.05) is 49.6 Å². The van der Waals surface area contributed by atoms with Gasteiger partial charge < -0.3 is 20.7 Å². The topological polar surface area (TPSA) is 84.0 Å². The van der Waals surface area contributed by atoms with E-state index in [0.717, 1.165) is 48.3 Å². The fraction of sp³-hybridized carbons (Fsp3) is 0.318. The first kappa shape index (κ1) is 20.5. The summed E-state index contributed by atoms with van der Waals surface area (Å²) in [6.45, 7) is 4.62. The maximum Gasteiger partial charge on any atom is 0.129 e. The molecule has 0 aliphatic heterocycles. The molecule has 0 spiro atoms. The highest BCUT2D eigenvalue weighted by Gasteiger charge is 2.11. The molecule has 3 rings (SSSR count). The molecule has 1 atom stereocenters. The molecule has 152 valence electrons. The standard InChI is InChI=1S/C22H28N6O/c1-16(18-6-4-5-7-20(18)29-3)13-25-22-12-19(27-15-28-22)17-8-9-21(26-14-17)24-11-10-23-2/h4-9,12,14-16,23H,10-11,13H2,1-3H3,(H,24,26)(H,25,27,28)/t16-/m1/s1. The van der Waals surface area contributed by atoms with Crippen molar-refractivity contribution in [3.05, 3.63) is 60.6 Å². The van der Waals surface area contributed by atoms with Gasteiger partial charge in [0.2, 0.25) is 0 Å². The van der Waals surface area contributed by atoms with E-state index >= 15 is 0 Å². The van der Waals surface area contributed by atoms with E-state index in [9.17, 15) is 0 Å². The maximum absolute atomic E-state index is 5.47. The van der Waals surface area contributed by atoms with Crippen molar-refractivity contribution in [2.45, 2.75) is 12.8 Å². The fourth-order valence-corrected chi connectivity index (χ4v) is 3.02. The van der Waals surface area contributed by atoms with Crippen LogP contribution in [0.4, 0.5) is 11.6 Å². The lowest BCUT2D eigenvalue weighted by Crippen LogP contribution is -2.18. The molecular weight excluding hydrogens is 364 g/mol. The van der Waals surface area contributed by atoms with Crippen LogP contribution in [-0.4, -0.2) is 48.7 Å². The summed E-state index contributed by atoms with van der Waals surface area (Å²) in [6.07, 6.45) is 3.40. The largest absolute Gasteiger partial charge is 0.496 e. The summed E-state index contributed by atoms with van der Waals surface area (Å²) >= 11 is 0. The molecule has 0 unspecified atom stereocenters. The summed E-state index contributed by atoms with van der Waals surface area (Å²) < 4.78 is 5.47. The number of nitrogens with one attached hydrogen (secondary N) is 3. The molecule has 3 N–H and O–H groups in total. The monoisotopic (exact) mass is 392 g/mol. The Hall–Kier alpha value is -3.19. The van der Waals surface area contributed by atoms with Crippen molar-refractivity contribution in [1.29, 1.82) is 0 Å². The van der Waals surface area contributed by atoms with Crippen LogP contribution in [0.1, 0.15) is 18.4 Å². The zero-order chi connectivity index (χ0) is 20.5. The molecule has 0 amide bonds. The number of rotatable bonds is 10. The SMILES string of the molecule is CNCCNc1ccc(-c2cc(NC[C@@H](C)c3ccccc3OC)ncn2)cn1. The van der Waals surface area contributed by atoms with Gasteiger partial charge in [0.05, 0.1) is 12.8 Å². The third-order valence-corrected chi connectivity index (χ3v) is 4.67. The van der Waals surface area contributed by atoms with Crippen LogP contribution in [0.15, 0.2) is 55.0 Å². The minimum Gasteiger partial charge on any atom is -0.496 e. The molecule has 29 heavy (non-hydrogen) atoms. The third kappa shape index (κ3) is 5.65. The molecule has 7 heteroatoms. The van der Waals surface area contributed by atoms with E-state index in [2.05, 4.69) is 43.9 Å². The zero-order valence-corrected chi connectivity index (χ0v) is 17.1. The number of methoxy groups -OCH3 is 1. The Labute approximate surface area is 172 Å². The molecule has 7 nitrogen and oxygen atoms in total. The molecule has 0 bridgehead atoms. The van der Waals surface area contributed by atoms with Crippen molar-refractivity contribution in [2.75, 3.05) is 44.4 Å². The molecule has 2 heterocycles. The predicted octanol–water partition coefficient (Wildman–Crippen LogP) is 3.39. The number of benzene rings is 1. The van der Waals surface area contributed by atoms with Gasteiger partial charge in [-0.2, -0.15) is 0 Å². The van der Waals surface area contributed by atoms with Crippen molar-refractivity contribution >= 4 is 11.6 Å². The van der Waals surface area contributed by atoms with Gasteiger partial charge in [-0.15, -0.1) is 0 Å². The number of hydrogen-bond acceptors (Lipinski definition) is 7. The molecule has 0 saturated heterocycles. The number of likely N-dealkylation sites (N-methyl/N-ethyl adjacent to an activating group) is 1. The molecular formula is C22H28N6O. The summed E-state index contributed by atoms with van der Waals surface area (Å²) in [5.41, 5.74) is 2.96. The summed E-state index contributed by atoms with van der Waals surface area (Å²) in [5, 5.41) is 9.76. The molecule has 0 aliphatic rings. The molecule has 0 radical (unpaired) electrons. The maximum atomic E-state index is 5.47. The van der Waals surface area contributed by atoms with Crippen LogP contribution in [0.5, 0.6) is 5.75 Å². The van der Waals surface area contributed by atoms with Crippen LogP contribution < -0.4 is 20.7 Å². The predicted molar refractivity (Wildman–Crippen MR) is 118 cm³/mol. The zero-order valence-electron chi connectivity index (χ0n) is 17.1. The number of anilines is 2. The molecule has 0 saturated carbocycles. The molecule has 0 aliphatic carbocycles. The van der Waals surface area contributed by atoms with Crippen molar-refractivity contribution < 1.29 is 4.74 Å². The Morgan fingerprint density at radius 2 is 1.83 bits per heavy atom. The van der Waals surface area contributed by atoms with Gasteiger partial charge in [0.25, 0.3) is 0 Å². The minimum absolute atomic E-state index is 0.272. The van der Waals surface area contributed by atoms with E-state index in [-0.39, 0.29) is 5.92 Å². The lowest BCUT2D eigenvalue weighted by Gasteiger charge is -2.16. The summed E-state index contributed by atoms with van der Waals surface area (Å²) in [4.78, 5) is 13.2. The average Bonchev–Trinajstić information content (AvgIpc) is 2.78. The number of para-hydroxylation sites is 1. The van der Waals surface area contributed by atoms with Crippen LogP contribution in [0.3, 0.4) is 0 Å². The van der Waals surface area contributed by atoms with Crippen molar-refractivity contribution in [3.8, 4) is 17.0 Å². The second-order valence-corrected chi connectivity index (χ2v) is 6.77.